The van der Waals surface area contributed by atoms with E-state index in [9.17, 15) is 14.4 Å². The van der Waals surface area contributed by atoms with Crippen LogP contribution in [-0.2, 0) is 28.6 Å². The van der Waals surface area contributed by atoms with E-state index in [-0.39, 0.29) is 37.5 Å². The van der Waals surface area contributed by atoms with Crippen molar-refractivity contribution < 1.29 is 28.6 Å². The molecule has 0 aromatic heterocycles. The lowest BCUT2D eigenvalue weighted by molar-refractivity contribution is -0.167. The van der Waals surface area contributed by atoms with Gasteiger partial charge in [0.2, 0.25) is 0 Å². The molecule has 0 bridgehead atoms. The first kappa shape index (κ1) is 66.3. The van der Waals surface area contributed by atoms with Crippen LogP contribution in [0, 0.1) is 0 Å². The standard InChI is InChI=1S/C65H102O6/c1-4-7-10-13-16-19-22-25-28-31-32-35-38-41-44-47-50-53-56-59-65(68)71-62(60-69-63(66)57-54-51-48-45-42-39-36-33-29-26-23-20-17-14-11-8-5-2)61-70-64(67)58-55-52-49-46-43-40-37-34-30-27-24-21-18-15-12-9-6-3/h7-8,10-11,16-21,25-30,32,35-37,39-41,44,62H,4-6,9,12-15,22-24,31,33-34,38,42-43,45-61H2,1-3H3/b10-7-,11-8-,19-16-,20-17-,21-18-,28-25-,29-26-,30-27-,35-32-,39-36-,40-37-,44-41-/t62-/m1/s1. The van der Waals surface area contributed by atoms with Crippen LogP contribution in [0.15, 0.2) is 146 Å². The molecule has 0 heterocycles. The van der Waals surface area contributed by atoms with Gasteiger partial charge in [0, 0.05) is 19.3 Å². The van der Waals surface area contributed by atoms with Crippen molar-refractivity contribution >= 4 is 17.9 Å². The predicted molar refractivity (Wildman–Crippen MR) is 306 cm³/mol. The SMILES string of the molecule is CC/C=C\C/C=C\C/C=C\C/C=C\C/C=C\CCCCCC(=O)O[C@H](COC(=O)CCCCCC/C=C\C/C=C\C/C=C\C/C=C\CC)COC(=O)CCCCCC/C=C\C/C=C\C/C=C\CCCCC. The molecule has 0 fully saturated rings. The van der Waals surface area contributed by atoms with Crippen molar-refractivity contribution in [1.82, 2.24) is 0 Å². The summed E-state index contributed by atoms with van der Waals surface area (Å²) >= 11 is 0. The van der Waals surface area contributed by atoms with Gasteiger partial charge in [-0.3, -0.25) is 14.4 Å². The van der Waals surface area contributed by atoms with Crippen molar-refractivity contribution in [3.8, 4) is 0 Å². The van der Waals surface area contributed by atoms with Crippen LogP contribution in [0.25, 0.3) is 0 Å². The van der Waals surface area contributed by atoms with Crippen LogP contribution in [0.2, 0.25) is 0 Å². The molecule has 1 atom stereocenters. The highest BCUT2D eigenvalue weighted by molar-refractivity contribution is 5.71. The average Bonchev–Trinajstić information content (AvgIpc) is 3.37. The second-order valence-electron chi connectivity index (χ2n) is 18.1. The Morgan fingerprint density at radius 1 is 0.296 bits per heavy atom. The molecule has 6 heteroatoms. The Morgan fingerprint density at radius 2 is 0.549 bits per heavy atom. The molecule has 0 radical (unpaired) electrons. The number of carbonyl (C=O) groups is 3. The zero-order valence-electron chi connectivity index (χ0n) is 45.4. The quantitative estimate of drug-likeness (QED) is 0.0262. The van der Waals surface area contributed by atoms with Crippen molar-refractivity contribution in [2.45, 2.75) is 232 Å². The second kappa shape index (κ2) is 57.9. The van der Waals surface area contributed by atoms with E-state index in [1.165, 1.54) is 25.7 Å². The predicted octanol–water partition coefficient (Wildman–Crippen LogP) is 19.2. The topological polar surface area (TPSA) is 78.9 Å². The zero-order chi connectivity index (χ0) is 51.4. The van der Waals surface area contributed by atoms with E-state index in [2.05, 4.69) is 167 Å². The molecule has 0 N–H and O–H groups in total. The molecule has 0 aliphatic rings. The molecule has 0 saturated heterocycles. The number of allylic oxidation sites excluding steroid dienone is 24. The molecular weight excluding hydrogens is 877 g/mol. The Morgan fingerprint density at radius 3 is 0.859 bits per heavy atom. The van der Waals surface area contributed by atoms with Crippen LogP contribution in [0.5, 0.6) is 0 Å². The molecule has 6 nitrogen and oxygen atoms in total. The maximum atomic E-state index is 12.9. The van der Waals surface area contributed by atoms with E-state index >= 15 is 0 Å². The Kier molecular flexibility index (Phi) is 54.0. The molecule has 398 valence electrons. The van der Waals surface area contributed by atoms with Gasteiger partial charge in [-0.2, -0.15) is 0 Å². The third kappa shape index (κ3) is 56.1. The lowest BCUT2D eigenvalue weighted by Crippen LogP contribution is -2.30. The van der Waals surface area contributed by atoms with Crippen LogP contribution in [-0.4, -0.2) is 37.2 Å². The molecule has 71 heavy (non-hydrogen) atoms. The summed E-state index contributed by atoms with van der Waals surface area (Å²) in [7, 11) is 0. The molecule has 0 aromatic carbocycles. The lowest BCUT2D eigenvalue weighted by atomic mass is 10.1. The van der Waals surface area contributed by atoms with Gasteiger partial charge in [0.05, 0.1) is 0 Å². The van der Waals surface area contributed by atoms with Crippen LogP contribution < -0.4 is 0 Å². The minimum atomic E-state index is -0.823. The first-order chi connectivity index (χ1) is 35.0. The van der Waals surface area contributed by atoms with Gasteiger partial charge >= 0.3 is 17.9 Å². The van der Waals surface area contributed by atoms with Crippen molar-refractivity contribution in [2.24, 2.45) is 0 Å². The number of hydrogen-bond donors (Lipinski definition) is 0. The summed E-state index contributed by atoms with van der Waals surface area (Å²) in [6.45, 7) is 6.30. The van der Waals surface area contributed by atoms with Gasteiger partial charge in [-0.05, 0) is 141 Å². The Hall–Kier alpha value is -4.71. The van der Waals surface area contributed by atoms with Gasteiger partial charge in [-0.1, -0.05) is 212 Å². The average molecular weight is 980 g/mol. The summed E-state index contributed by atoms with van der Waals surface area (Å²) in [5.41, 5.74) is 0. The van der Waals surface area contributed by atoms with Crippen molar-refractivity contribution in [1.29, 1.82) is 0 Å². The van der Waals surface area contributed by atoms with E-state index in [1.807, 2.05) is 0 Å². The number of rotatable bonds is 49. The third-order valence-electron chi connectivity index (χ3n) is 11.3. The molecular formula is C65H102O6. The second-order valence-corrected chi connectivity index (χ2v) is 18.1. The largest absolute Gasteiger partial charge is 0.462 e. The first-order valence-electron chi connectivity index (χ1n) is 28.3. The van der Waals surface area contributed by atoms with Crippen LogP contribution in [0.3, 0.4) is 0 Å². The number of ether oxygens (including phenoxy) is 3. The molecule has 0 aliphatic heterocycles. The number of hydrogen-bond acceptors (Lipinski definition) is 6. The number of esters is 3. The molecule has 0 spiro atoms. The molecule has 0 aliphatic carbocycles. The lowest BCUT2D eigenvalue weighted by Gasteiger charge is -2.18. The van der Waals surface area contributed by atoms with E-state index < -0.39 is 6.10 Å². The van der Waals surface area contributed by atoms with Crippen molar-refractivity contribution in [2.75, 3.05) is 13.2 Å². The van der Waals surface area contributed by atoms with Gasteiger partial charge in [0.15, 0.2) is 6.10 Å². The van der Waals surface area contributed by atoms with Crippen molar-refractivity contribution in [3.63, 3.8) is 0 Å². The summed E-state index contributed by atoms with van der Waals surface area (Å²) < 4.78 is 16.8. The number of carbonyl (C=O) groups excluding carboxylic acids is 3. The molecule has 0 rings (SSSR count). The minimum absolute atomic E-state index is 0.117. The Balaban J connectivity index is 4.58. The van der Waals surface area contributed by atoms with Crippen molar-refractivity contribution in [3.05, 3.63) is 146 Å². The maximum Gasteiger partial charge on any atom is 0.306 e. The summed E-state index contributed by atoms with van der Waals surface area (Å²) in [6, 6.07) is 0. The molecule has 0 amide bonds. The van der Waals surface area contributed by atoms with Crippen LogP contribution >= 0.6 is 0 Å². The van der Waals surface area contributed by atoms with Gasteiger partial charge < -0.3 is 14.2 Å². The van der Waals surface area contributed by atoms with E-state index in [4.69, 9.17) is 14.2 Å². The Bertz CT molecular complexity index is 1590. The Labute approximate surface area is 436 Å². The summed E-state index contributed by atoms with van der Waals surface area (Å²) in [4.78, 5) is 38.2. The van der Waals surface area contributed by atoms with Gasteiger partial charge in [0.25, 0.3) is 0 Å². The van der Waals surface area contributed by atoms with Gasteiger partial charge in [-0.15, -0.1) is 0 Å². The fourth-order valence-corrected chi connectivity index (χ4v) is 7.11. The summed E-state index contributed by atoms with van der Waals surface area (Å²) in [5, 5.41) is 0. The normalized spacial score (nSPS) is 13.2. The fraction of sp³-hybridized carbons (Fsp3) is 0.585. The number of unbranched alkanes of at least 4 members (excludes halogenated alkanes) is 14. The monoisotopic (exact) mass is 979 g/mol. The maximum absolute atomic E-state index is 12.9. The van der Waals surface area contributed by atoms with E-state index in [0.29, 0.717) is 19.3 Å². The van der Waals surface area contributed by atoms with E-state index in [0.717, 1.165) is 154 Å². The third-order valence-corrected chi connectivity index (χ3v) is 11.3. The minimum Gasteiger partial charge on any atom is -0.462 e. The highest BCUT2D eigenvalue weighted by Gasteiger charge is 2.19. The molecule has 0 unspecified atom stereocenters. The first-order valence-corrected chi connectivity index (χ1v) is 28.3. The van der Waals surface area contributed by atoms with Crippen LogP contribution in [0.1, 0.15) is 226 Å². The van der Waals surface area contributed by atoms with Crippen LogP contribution in [0.4, 0.5) is 0 Å². The highest BCUT2D eigenvalue weighted by Crippen LogP contribution is 2.12. The summed E-state index contributed by atoms with van der Waals surface area (Å²) in [6.07, 6.45) is 82.6. The fourth-order valence-electron chi connectivity index (χ4n) is 7.11. The zero-order valence-corrected chi connectivity index (χ0v) is 45.4. The molecule has 0 saturated carbocycles. The van der Waals surface area contributed by atoms with Gasteiger partial charge in [0.1, 0.15) is 13.2 Å². The highest BCUT2D eigenvalue weighted by atomic mass is 16.6. The summed E-state index contributed by atoms with van der Waals surface area (Å²) in [5.74, 6) is -1.00. The smallest absolute Gasteiger partial charge is 0.306 e. The van der Waals surface area contributed by atoms with E-state index in [1.54, 1.807) is 0 Å². The van der Waals surface area contributed by atoms with Gasteiger partial charge in [-0.25, -0.2) is 0 Å². The molecule has 0 aromatic rings.